The zero-order valence-corrected chi connectivity index (χ0v) is 14.0. The fourth-order valence-electron chi connectivity index (χ4n) is 1.35. The molecule has 1 heterocycles. The van der Waals surface area contributed by atoms with Crippen LogP contribution in [-0.2, 0) is 14.8 Å². The molecule has 1 aromatic rings. The van der Waals surface area contributed by atoms with Gasteiger partial charge in [-0.15, -0.1) is 11.3 Å². The van der Waals surface area contributed by atoms with E-state index in [1.54, 1.807) is 20.1 Å². The number of rotatable bonds is 7. The summed E-state index contributed by atoms with van der Waals surface area (Å²) < 4.78 is 32.6. The van der Waals surface area contributed by atoms with E-state index in [2.05, 4.69) is 20.7 Å². The molecule has 0 radical (unpaired) electrons. The second-order valence-corrected chi connectivity index (χ2v) is 8.16. The molecule has 0 saturated carbocycles. The lowest BCUT2D eigenvalue weighted by Crippen LogP contribution is -2.37. The van der Waals surface area contributed by atoms with E-state index in [4.69, 9.17) is 16.3 Å². The van der Waals surface area contributed by atoms with Crippen LogP contribution in [0, 0.1) is 6.92 Å². The molecule has 0 bridgehead atoms. The maximum absolute atomic E-state index is 12.1. The molecular weight excluding hydrogens is 362 g/mol. The first kappa shape index (κ1) is 16.4. The van der Waals surface area contributed by atoms with Crippen LogP contribution in [0.5, 0.6) is 0 Å². The van der Waals surface area contributed by atoms with Gasteiger partial charge in [0.05, 0.1) is 10.9 Å². The minimum Gasteiger partial charge on any atom is -0.383 e. The monoisotopic (exact) mass is 375 g/mol. The Bertz CT molecular complexity index is 464. The molecule has 4 nitrogen and oxygen atoms in total. The summed E-state index contributed by atoms with van der Waals surface area (Å²) in [6.45, 7) is 2.12. The molecule has 0 aliphatic rings. The van der Waals surface area contributed by atoms with Crippen molar-refractivity contribution in [3.8, 4) is 0 Å². The van der Waals surface area contributed by atoms with Crippen molar-refractivity contribution >= 4 is 48.9 Å². The number of alkyl halides is 1. The van der Waals surface area contributed by atoms with Crippen molar-refractivity contribution in [1.82, 2.24) is 4.72 Å². The Kier molecular flexibility index (Phi) is 6.57. The highest BCUT2D eigenvalue weighted by atomic mass is 79.9. The smallest absolute Gasteiger partial charge is 0.250 e. The number of nitrogens with one attached hydrogen (secondary N) is 1. The molecule has 0 aliphatic heterocycles. The molecule has 8 heteroatoms. The summed E-state index contributed by atoms with van der Waals surface area (Å²) in [6.07, 6.45) is 0.658. The van der Waals surface area contributed by atoms with Crippen LogP contribution < -0.4 is 4.72 Å². The van der Waals surface area contributed by atoms with Crippen LogP contribution in [0.25, 0.3) is 0 Å². The maximum Gasteiger partial charge on any atom is 0.250 e. The summed E-state index contributed by atoms with van der Waals surface area (Å²) in [7, 11) is -1.98. The summed E-state index contributed by atoms with van der Waals surface area (Å²) in [4.78, 5) is 0. The molecule has 0 amide bonds. The fourth-order valence-corrected chi connectivity index (χ4v) is 4.88. The number of sulfonamides is 1. The Morgan fingerprint density at radius 3 is 2.72 bits per heavy atom. The van der Waals surface area contributed by atoms with E-state index in [1.807, 2.05) is 0 Å². The van der Waals surface area contributed by atoms with E-state index in [1.165, 1.54) is 0 Å². The van der Waals surface area contributed by atoms with Crippen LogP contribution in [0.1, 0.15) is 12.0 Å². The molecule has 0 fully saturated rings. The number of aryl methyl sites for hydroxylation is 1. The summed E-state index contributed by atoms with van der Waals surface area (Å²) >= 11 is 10.2. The van der Waals surface area contributed by atoms with Gasteiger partial charge in [0.25, 0.3) is 0 Å². The summed E-state index contributed by atoms with van der Waals surface area (Å²) in [6, 6.07) is 1.33. The largest absolute Gasteiger partial charge is 0.383 e. The molecular formula is C10H15BrClNO3S2. The van der Waals surface area contributed by atoms with Crippen LogP contribution >= 0.6 is 38.9 Å². The minimum absolute atomic E-state index is 0.237. The van der Waals surface area contributed by atoms with Gasteiger partial charge in [-0.2, -0.15) is 0 Å². The molecule has 1 atom stereocenters. The van der Waals surface area contributed by atoms with Crippen molar-refractivity contribution in [2.45, 2.75) is 23.6 Å². The molecule has 18 heavy (non-hydrogen) atoms. The quantitative estimate of drug-likeness (QED) is 0.745. The van der Waals surface area contributed by atoms with Gasteiger partial charge in [0.15, 0.2) is 0 Å². The van der Waals surface area contributed by atoms with Gasteiger partial charge in [0.2, 0.25) is 10.0 Å². The molecule has 0 spiro atoms. The van der Waals surface area contributed by atoms with Gasteiger partial charge in [-0.3, -0.25) is 0 Å². The van der Waals surface area contributed by atoms with Gasteiger partial charge >= 0.3 is 0 Å². The van der Waals surface area contributed by atoms with Gasteiger partial charge in [-0.1, -0.05) is 27.5 Å². The molecule has 0 saturated heterocycles. The van der Waals surface area contributed by atoms with Gasteiger partial charge in [0, 0.05) is 18.5 Å². The zero-order chi connectivity index (χ0) is 13.8. The average molecular weight is 377 g/mol. The number of ether oxygens (including phenoxy) is 1. The lowest BCUT2D eigenvalue weighted by molar-refractivity contribution is 0.173. The summed E-state index contributed by atoms with van der Waals surface area (Å²) in [5.74, 6) is 0. The second-order valence-electron chi connectivity index (χ2n) is 3.77. The second kappa shape index (κ2) is 7.21. The number of thiophene rings is 1. The number of halogens is 2. The van der Waals surface area contributed by atoms with Crippen LogP contribution in [0.2, 0.25) is 4.34 Å². The highest BCUT2D eigenvalue weighted by Gasteiger charge is 2.22. The molecule has 1 aromatic heterocycles. The van der Waals surface area contributed by atoms with Crippen molar-refractivity contribution in [1.29, 1.82) is 0 Å². The standard InChI is InChI=1S/C10H15BrClNO3S2/c1-7-5-9(17-10(7)12)18(14,15)13-8(3-4-11)6-16-2/h5,8,13H,3-4,6H2,1-2H3. The molecule has 1 N–H and O–H groups in total. The summed E-state index contributed by atoms with van der Waals surface area (Å²) in [5.41, 5.74) is 0.769. The molecule has 0 aromatic carbocycles. The highest BCUT2D eigenvalue weighted by Crippen LogP contribution is 2.30. The van der Waals surface area contributed by atoms with Crippen molar-refractivity contribution in [3.63, 3.8) is 0 Å². The van der Waals surface area contributed by atoms with Crippen molar-refractivity contribution in [3.05, 3.63) is 16.0 Å². The first-order valence-electron chi connectivity index (χ1n) is 5.24. The van der Waals surface area contributed by atoms with Crippen LogP contribution in [-0.4, -0.2) is 33.5 Å². The highest BCUT2D eigenvalue weighted by molar-refractivity contribution is 9.09. The molecule has 0 aliphatic carbocycles. The van der Waals surface area contributed by atoms with Gasteiger partial charge in [-0.25, -0.2) is 13.1 Å². The number of hydrogen-bond acceptors (Lipinski definition) is 4. The molecule has 104 valence electrons. The van der Waals surface area contributed by atoms with E-state index in [0.29, 0.717) is 22.7 Å². The third-order valence-electron chi connectivity index (χ3n) is 2.25. The van der Waals surface area contributed by atoms with Crippen LogP contribution in [0.3, 0.4) is 0 Å². The lowest BCUT2D eigenvalue weighted by Gasteiger charge is -2.16. The third-order valence-corrected chi connectivity index (χ3v) is 6.25. The van der Waals surface area contributed by atoms with Crippen LogP contribution in [0.4, 0.5) is 0 Å². The molecule has 1 unspecified atom stereocenters. The maximum atomic E-state index is 12.1. The molecule has 1 rings (SSSR count). The minimum atomic E-state index is -3.52. The van der Waals surface area contributed by atoms with E-state index in [-0.39, 0.29) is 10.3 Å². The third kappa shape index (κ3) is 4.47. The van der Waals surface area contributed by atoms with Crippen molar-refractivity contribution in [2.75, 3.05) is 19.0 Å². The van der Waals surface area contributed by atoms with Crippen molar-refractivity contribution in [2.24, 2.45) is 0 Å². The predicted octanol–water partition coefficient (Wildman–Crippen LogP) is 2.79. The van der Waals surface area contributed by atoms with E-state index in [0.717, 1.165) is 16.9 Å². The summed E-state index contributed by atoms with van der Waals surface area (Å²) in [5, 5.41) is 0.702. The zero-order valence-electron chi connectivity index (χ0n) is 10.1. The first-order chi connectivity index (χ1) is 8.40. The number of hydrogen-bond donors (Lipinski definition) is 1. The SMILES string of the molecule is COCC(CCBr)NS(=O)(=O)c1cc(C)c(Cl)s1. The Hall–Kier alpha value is 0.340. The Morgan fingerprint density at radius 1 is 1.61 bits per heavy atom. The van der Waals surface area contributed by atoms with Gasteiger partial charge in [-0.05, 0) is 25.0 Å². The van der Waals surface area contributed by atoms with E-state index in [9.17, 15) is 8.42 Å². The Labute approximate surface area is 125 Å². The van der Waals surface area contributed by atoms with Crippen LogP contribution in [0.15, 0.2) is 10.3 Å². The predicted molar refractivity (Wildman–Crippen MR) is 78.5 cm³/mol. The van der Waals surface area contributed by atoms with Crippen molar-refractivity contribution < 1.29 is 13.2 Å². The normalized spacial score (nSPS) is 13.8. The average Bonchev–Trinajstić information content (AvgIpc) is 2.60. The first-order valence-corrected chi connectivity index (χ1v) is 9.03. The van der Waals surface area contributed by atoms with Gasteiger partial charge < -0.3 is 4.74 Å². The van der Waals surface area contributed by atoms with Gasteiger partial charge in [0.1, 0.15) is 4.21 Å². The topological polar surface area (TPSA) is 55.4 Å². The lowest BCUT2D eigenvalue weighted by atomic mass is 10.3. The fraction of sp³-hybridized carbons (Fsp3) is 0.600. The Balaban J connectivity index is 2.85. The van der Waals surface area contributed by atoms with E-state index >= 15 is 0 Å². The number of methoxy groups -OCH3 is 1. The van der Waals surface area contributed by atoms with E-state index < -0.39 is 10.0 Å². The Morgan fingerprint density at radius 2 is 2.28 bits per heavy atom.